The molecule has 7 nitrogen and oxygen atoms in total. The van der Waals surface area contributed by atoms with Crippen LogP contribution < -0.4 is 4.90 Å². The van der Waals surface area contributed by atoms with Gasteiger partial charge in [-0.2, -0.15) is 4.98 Å². The summed E-state index contributed by atoms with van der Waals surface area (Å²) < 4.78 is 5.60. The number of hydrogen-bond donors (Lipinski definition) is 2. The molecule has 1 aliphatic heterocycles. The van der Waals surface area contributed by atoms with Gasteiger partial charge in [-0.25, -0.2) is 9.97 Å². The Morgan fingerprint density at radius 3 is 2.50 bits per heavy atom. The Hall–Kier alpha value is -1.73. The number of nitrogens with zero attached hydrogens (tertiary/aromatic N) is 4. The van der Waals surface area contributed by atoms with Crippen LogP contribution in [0.4, 0.5) is 5.82 Å². The summed E-state index contributed by atoms with van der Waals surface area (Å²) in [5.74, 6) is 2.24. The summed E-state index contributed by atoms with van der Waals surface area (Å²) >= 11 is 0. The molecular formula is C15H20N4O3. The Morgan fingerprint density at radius 2 is 1.86 bits per heavy atom. The van der Waals surface area contributed by atoms with Crippen LogP contribution in [-0.2, 0) is 6.42 Å². The van der Waals surface area contributed by atoms with Crippen molar-refractivity contribution in [1.82, 2.24) is 15.0 Å². The summed E-state index contributed by atoms with van der Waals surface area (Å²) in [7, 11) is 0. The van der Waals surface area contributed by atoms with Crippen LogP contribution in [0.2, 0.25) is 0 Å². The van der Waals surface area contributed by atoms with Crippen molar-refractivity contribution in [3.63, 3.8) is 0 Å². The van der Waals surface area contributed by atoms with Crippen molar-refractivity contribution in [3.8, 4) is 0 Å². The van der Waals surface area contributed by atoms with E-state index in [1.165, 1.54) is 6.33 Å². The molecule has 0 radical (unpaired) electrons. The quantitative estimate of drug-likeness (QED) is 0.845. The lowest BCUT2D eigenvalue weighted by molar-refractivity contribution is -0.0372. The van der Waals surface area contributed by atoms with Gasteiger partial charge in [0.2, 0.25) is 0 Å². The molecule has 1 saturated heterocycles. The first-order chi connectivity index (χ1) is 10.7. The monoisotopic (exact) mass is 304 g/mol. The van der Waals surface area contributed by atoms with Gasteiger partial charge in [0.25, 0.3) is 5.71 Å². The summed E-state index contributed by atoms with van der Waals surface area (Å²) in [5.41, 5.74) is 1.23. The molecule has 2 fully saturated rings. The van der Waals surface area contributed by atoms with Gasteiger partial charge in [-0.3, -0.25) is 0 Å². The van der Waals surface area contributed by atoms with E-state index in [4.69, 9.17) is 4.42 Å². The van der Waals surface area contributed by atoms with E-state index in [-0.39, 0.29) is 0 Å². The molecule has 0 aromatic carbocycles. The second kappa shape index (κ2) is 5.17. The lowest BCUT2D eigenvalue weighted by Gasteiger charge is -2.31. The molecule has 3 heterocycles. The molecule has 0 bridgehead atoms. The van der Waals surface area contributed by atoms with Crippen LogP contribution in [0.1, 0.15) is 25.7 Å². The predicted octanol–water partition coefficient (Wildman–Crippen LogP) is 0.748. The van der Waals surface area contributed by atoms with Crippen molar-refractivity contribution < 1.29 is 14.6 Å². The molecule has 4 rings (SSSR count). The summed E-state index contributed by atoms with van der Waals surface area (Å²) in [6, 6.07) is 0. The Morgan fingerprint density at radius 1 is 1.18 bits per heavy atom. The van der Waals surface area contributed by atoms with Gasteiger partial charge in [-0.05, 0) is 24.7 Å². The molecule has 2 aromatic heterocycles. The first-order valence-corrected chi connectivity index (χ1v) is 7.87. The summed E-state index contributed by atoms with van der Waals surface area (Å²) in [6.07, 6.45) is 2.31. The van der Waals surface area contributed by atoms with E-state index in [1.807, 2.05) is 6.92 Å². The number of aromatic nitrogens is 3. The normalized spacial score (nSPS) is 31.7. The van der Waals surface area contributed by atoms with Crippen LogP contribution in [0.15, 0.2) is 10.7 Å². The second-order valence-corrected chi connectivity index (χ2v) is 6.34. The van der Waals surface area contributed by atoms with Crippen LogP contribution in [0.5, 0.6) is 0 Å². The number of hydrogen-bond acceptors (Lipinski definition) is 7. The molecular weight excluding hydrogens is 284 g/mol. The van der Waals surface area contributed by atoms with Crippen molar-refractivity contribution >= 4 is 17.0 Å². The first kappa shape index (κ1) is 13.9. The molecule has 1 aliphatic carbocycles. The highest BCUT2D eigenvalue weighted by Crippen LogP contribution is 2.39. The fourth-order valence-corrected chi connectivity index (χ4v) is 3.75. The van der Waals surface area contributed by atoms with Gasteiger partial charge < -0.3 is 19.5 Å². The second-order valence-electron chi connectivity index (χ2n) is 6.34. The molecule has 2 aliphatic rings. The van der Waals surface area contributed by atoms with Crippen molar-refractivity contribution in [2.75, 3.05) is 18.0 Å². The third-order valence-electron chi connectivity index (χ3n) is 4.93. The molecule has 2 N–H and O–H groups in total. The zero-order valence-electron chi connectivity index (χ0n) is 12.5. The third kappa shape index (κ3) is 2.16. The fraction of sp³-hybridized carbons (Fsp3) is 0.667. The predicted molar refractivity (Wildman–Crippen MR) is 79.4 cm³/mol. The molecule has 1 saturated carbocycles. The Labute approximate surface area is 128 Å². The lowest BCUT2D eigenvalue weighted by atomic mass is 9.79. The van der Waals surface area contributed by atoms with E-state index in [0.29, 0.717) is 41.8 Å². The van der Waals surface area contributed by atoms with E-state index < -0.39 is 12.2 Å². The van der Waals surface area contributed by atoms with Gasteiger partial charge in [0.1, 0.15) is 6.33 Å². The molecule has 22 heavy (non-hydrogen) atoms. The van der Waals surface area contributed by atoms with E-state index >= 15 is 0 Å². The number of aryl methyl sites for hydroxylation is 1. The molecule has 0 amide bonds. The maximum atomic E-state index is 9.87. The number of rotatable bonds is 2. The average Bonchev–Trinajstić information content (AvgIpc) is 3.10. The van der Waals surface area contributed by atoms with E-state index in [9.17, 15) is 10.2 Å². The van der Waals surface area contributed by atoms with Crippen molar-refractivity contribution in [2.45, 2.75) is 38.4 Å². The molecule has 0 spiro atoms. The molecule has 2 aromatic rings. The third-order valence-corrected chi connectivity index (χ3v) is 4.93. The molecule has 118 valence electrons. The summed E-state index contributed by atoms with van der Waals surface area (Å²) in [4.78, 5) is 15.2. The topological polar surface area (TPSA) is 95.5 Å². The number of oxazole rings is 1. The van der Waals surface area contributed by atoms with Crippen molar-refractivity contribution in [3.05, 3.63) is 12.2 Å². The van der Waals surface area contributed by atoms with Gasteiger partial charge in [0.15, 0.2) is 17.2 Å². The van der Waals surface area contributed by atoms with E-state index in [2.05, 4.69) is 19.9 Å². The first-order valence-electron chi connectivity index (χ1n) is 7.87. The smallest absolute Gasteiger partial charge is 0.252 e. The van der Waals surface area contributed by atoms with Crippen LogP contribution in [0, 0.1) is 11.8 Å². The highest BCUT2D eigenvalue weighted by Gasteiger charge is 2.42. The van der Waals surface area contributed by atoms with Crippen LogP contribution in [0.3, 0.4) is 0 Å². The van der Waals surface area contributed by atoms with Gasteiger partial charge in [0, 0.05) is 19.5 Å². The van der Waals surface area contributed by atoms with Gasteiger partial charge >= 0.3 is 0 Å². The number of anilines is 1. The minimum atomic E-state index is -0.606. The number of aliphatic hydroxyl groups excluding tert-OH is 2. The zero-order chi connectivity index (χ0) is 15.3. The number of fused-ring (bicyclic) bond motifs is 2. The minimum Gasteiger partial charge on any atom is -0.422 e. The maximum absolute atomic E-state index is 9.87. The maximum Gasteiger partial charge on any atom is 0.252 e. The van der Waals surface area contributed by atoms with E-state index in [1.54, 1.807) is 0 Å². The van der Waals surface area contributed by atoms with Gasteiger partial charge in [-0.15, -0.1) is 0 Å². The zero-order valence-corrected chi connectivity index (χ0v) is 12.5. The standard InChI is InChI=1S/C15H20N4O3/c1-2-12-18-13-14(16-7-17-15(13)22-12)19-5-8-3-10(20)11(21)4-9(8)6-19/h7-11,20-21H,2-6H2,1H3/t8-,9+,10-,11-/m0/s1. The summed E-state index contributed by atoms with van der Waals surface area (Å²) in [6.45, 7) is 3.65. The highest BCUT2D eigenvalue weighted by molar-refractivity contribution is 5.81. The van der Waals surface area contributed by atoms with Crippen LogP contribution in [-0.4, -0.2) is 50.5 Å². The van der Waals surface area contributed by atoms with E-state index in [0.717, 1.165) is 25.3 Å². The van der Waals surface area contributed by atoms with Crippen molar-refractivity contribution in [2.24, 2.45) is 11.8 Å². The Bertz CT molecular complexity index is 670. The number of aliphatic hydroxyl groups is 2. The largest absolute Gasteiger partial charge is 0.422 e. The minimum absolute atomic E-state index is 0.390. The van der Waals surface area contributed by atoms with Gasteiger partial charge in [-0.1, -0.05) is 6.92 Å². The average molecular weight is 304 g/mol. The highest BCUT2D eigenvalue weighted by atomic mass is 16.4. The lowest BCUT2D eigenvalue weighted by Crippen LogP contribution is -2.38. The molecule has 0 unspecified atom stereocenters. The van der Waals surface area contributed by atoms with Crippen LogP contribution in [0.25, 0.3) is 11.2 Å². The van der Waals surface area contributed by atoms with Gasteiger partial charge in [0.05, 0.1) is 12.2 Å². The molecule has 7 heteroatoms. The fourth-order valence-electron chi connectivity index (χ4n) is 3.75. The van der Waals surface area contributed by atoms with Crippen molar-refractivity contribution in [1.29, 1.82) is 0 Å². The van der Waals surface area contributed by atoms with Crippen LogP contribution >= 0.6 is 0 Å². The summed E-state index contributed by atoms with van der Waals surface area (Å²) in [5, 5.41) is 19.7. The SMILES string of the molecule is CCc1nc2c(N3C[C@H]4C[C@H](O)[C@@H](O)C[C@H]4C3)ncnc2o1. The Balaban J connectivity index is 1.64. The Kier molecular flexibility index (Phi) is 3.27. The molecule has 4 atom stereocenters.